The molecule has 1 saturated heterocycles. The molecule has 44 heavy (non-hydrogen) atoms. The molecule has 0 aromatic heterocycles. The van der Waals surface area contributed by atoms with Crippen LogP contribution in [0.4, 0.5) is 10.5 Å². The van der Waals surface area contributed by atoms with E-state index in [-0.39, 0.29) is 17.9 Å². The number of hydrogen-bond donors (Lipinski definition) is 1. The first-order valence-corrected chi connectivity index (χ1v) is 14.8. The van der Waals surface area contributed by atoms with Gasteiger partial charge >= 0.3 is 6.03 Å². The van der Waals surface area contributed by atoms with Crippen molar-refractivity contribution in [1.82, 2.24) is 5.32 Å². The van der Waals surface area contributed by atoms with Gasteiger partial charge in [0.1, 0.15) is 24.5 Å². The lowest BCUT2D eigenvalue weighted by Gasteiger charge is -2.26. The van der Waals surface area contributed by atoms with E-state index >= 15 is 0 Å². The molecule has 1 heterocycles. The second-order valence-electron chi connectivity index (χ2n) is 9.79. The van der Waals surface area contributed by atoms with E-state index in [1.807, 2.05) is 31.2 Å². The summed E-state index contributed by atoms with van der Waals surface area (Å²) in [6, 6.07) is 21.8. The zero-order valence-electron chi connectivity index (χ0n) is 23.5. The number of anilines is 1. The van der Waals surface area contributed by atoms with Crippen molar-refractivity contribution >= 4 is 68.7 Å². The molecule has 0 saturated carbocycles. The number of imide groups is 2. The molecule has 1 N–H and O–H groups in total. The van der Waals surface area contributed by atoms with Crippen LogP contribution in [0.3, 0.4) is 0 Å². The fourth-order valence-electron chi connectivity index (χ4n) is 4.47. The van der Waals surface area contributed by atoms with Crippen LogP contribution in [0.5, 0.6) is 17.2 Å². The van der Waals surface area contributed by atoms with Crippen molar-refractivity contribution in [3.8, 4) is 17.2 Å². The van der Waals surface area contributed by atoms with Crippen molar-refractivity contribution in [1.29, 1.82) is 0 Å². The quantitative estimate of drug-likeness (QED) is 0.141. The molecule has 4 amide bonds. The van der Waals surface area contributed by atoms with Crippen LogP contribution in [-0.4, -0.2) is 25.0 Å². The molecule has 0 unspecified atom stereocenters. The van der Waals surface area contributed by atoms with Gasteiger partial charge in [0.05, 0.1) is 17.3 Å². The van der Waals surface area contributed by atoms with Gasteiger partial charge in [-0.05, 0) is 88.6 Å². The molecule has 5 rings (SSSR count). The SMILES string of the molecule is COc1cc(/C=C2\C(=O)NC(=O)N(c3ccc(OCc4ccc(Cl)cc4Cl)cc3)C2=O)cc(Br)c1OCc1cccc(C)c1. The van der Waals surface area contributed by atoms with Crippen LogP contribution >= 0.6 is 39.1 Å². The standard InChI is InChI=1S/C33H25BrCl2N2O6/c1-19-4-3-5-20(12-19)17-44-30-27(34)14-21(15-29(30)42-2)13-26-31(39)37-33(41)38(32(26)40)24-8-10-25(11-9-24)43-18-22-6-7-23(35)16-28(22)36/h3-16H,17-18H2,1-2H3,(H,37,39,41)/b26-13+. The third-order valence-electron chi connectivity index (χ3n) is 6.63. The summed E-state index contributed by atoms with van der Waals surface area (Å²) in [5, 5.41) is 3.23. The number of aryl methyl sites for hydroxylation is 1. The number of nitrogens with zero attached hydrogens (tertiary/aromatic N) is 1. The van der Waals surface area contributed by atoms with E-state index in [9.17, 15) is 14.4 Å². The predicted octanol–water partition coefficient (Wildman–Crippen LogP) is 7.90. The van der Waals surface area contributed by atoms with E-state index in [2.05, 4.69) is 21.2 Å². The molecular weight excluding hydrogens is 671 g/mol. The minimum atomic E-state index is -0.863. The Bertz CT molecular complexity index is 1790. The fourth-order valence-corrected chi connectivity index (χ4v) is 5.51. The van der Waals surface area contributed by atoms with Crippen molar-refractivity contribution in [2.75, 3.05) is 12.0 Å². The molecule has 1 aliphatic heterocycles. The average molecular weight is 696 g/mol. The summed E-state index contributed by atoms with van der Waals surface area (Å²) >= 11 is 15.7. The Balaban J connectivity index is 1.34. The van der Waals surface area contributed by atoms with Gasteiger partial charge in [-0.2, -0.15) is 0 Å². The molecule has 0 radical (unpaired) electrons. The maximum absolute atomic E-state index is 13.5. The third kappa shape index (κ3) is 7.07. The van der Waals surface area contributed by atoms with Crippen LogP contribution in [0.15, 0.2) is 88.9 Å². The fraction of sp³-hybridized carbons (Fsp3) is 0.121. The van der Waals surface area contributed by atoms with Gasteiger partial charge in [-0.25, -0.2) is 9.69 Å². The number of benzene rings is 4. The van der Waals surface area contributed by atoms with Gasteiger partial charge in [0.15, 0.2) is 11.5 Å². The van der Waals surface area contributed by atoms with Crippen molar-refractivity contribution in [2.45, 2.75) is 20.1 Å². The largest absolute Gasteiger partial charge is 0.493 e. The predicted molar refractivity (Wildman–Crippen MR) is 172 cm³/mol. The summed E-state index contributed by atoms with van der Waals surface area (Å²) in [6.07, 6.45) is 1.39. The lowest BCUT2D eigenvalue weighted by molar-refractivity contribution is -0.122. The molecule has 4 aromatic rings. The Labute approximate surface area is 272 Å². The summed E-state index contributed by atoms with van der Waals surface area (Å²) in [7, 11) is 1.49. The highest BCUT2D eigenvalue weighted by Gasteiger charge is 2.37. The Morgan fingerprint density at radius 3 is 2.39 bits per heavy atom. The molecule has 0 atom stereocenters. The number of nitrogens with one attached hydrogen (secondary N) is 1. The number of barbiturate groups is 1. The molecule has 11 heteroatoms. The lowest BCUT2D eigenvalue weighted by Crippen LogP contribution is -2.54. The van der Waals surface area contributed by atoms with Crippen molar-refractivity contribution in [3.05, 3.63) is 121 Å². The minimum absolute atomic E-state index is 0.189. The zero-order chi connectivity index (χ0) is 31.4. The number of carbonyl (C=O) groups excluding carboxylic acids is 3. The zero-order valence-corrected chi connectivity index (χ0v) is 26.6. The van der Waals surface area contributed by atoms with Crippen LogP contribution < -0.4 is 24.4 Å². The summed E-state index contributed by atoms with van der Waals surface area (Å²) < 4.78 is 17.9. The number of ether oxygens (including phenoxy) is 3. The molecular formula is C33H25BrCl2N2O6. The number of halogens is 3. The molecule has 224 valence electrons. The van der Waals surface area contributed by atoms with E-state index in [4.69, 9.17) is 37.4 Å². The summed E-state index contributed by atoms with van der Waals surface area (Å²) in [5.41, 5.74) is 3.35. The molecule has 8 nitrogen and oxygen atoms in total. The average Bonchev–Trinajstić information content (AvgIpc) is 2.98. The first-order chi connectivity index (χ1) is 21.1. The van der Waals surface area contributed by atoms with Gasteiger partial charge in [0.2, 0.25) is 0 Å². The maximum atomic E-state index is 13.5. The van der Waals surface area contributed by atoms with Gasteiger partial charge in [-0.15, -0.1) is 0 Å². The molecule has 1 fully saturated rings. The van der Waals surface area contributed by atoms with Crippen LogP contribution in [0.25, 0.3) is 6.08 Å². The van der Waals surface area contributed by atoms with Crippen molar-refractivity contribution < 1.29 is 28.6 Å². The van der Waals surface area contributed by atoms with Crippen LogP contribution in [0, 0.1) is 6.92 Å². The van der Waals surface area contributed by atoms with Gasteiger partial charge in [-0.1, -0.05) is 59.1 Å². The number of rotatable bonds is 9. The first kappa shape index (κ1) is 31.1. The number of methoxy groups -OCH3 is 1. The monoisotopic (exact) mass is 694 g/mol. The Hall–Kier alpha value is -4.31. The Morgan fingerprint density at radius 1 is 0.909 bits per heavy atom. The second-order valence-corrected chi connectivity index (χ2v) is 11.5. The molecule has 0 bridgehead atoms. The number of carbonyl (C=O) groups is 3. The molecule has 0 aliphatic carbocycles. The van der Waals surface area contributed by atoms with Gasteiger partial charge in [0.25, 0.3) is 11.8 Å². The summed E-state index contributed by atoms with van der Waals surface area (Å²) in [5.74, 6) is -0.252. The van der Waals surface area contributed by atoms with Crippen molar-refractivity contribution in [2.24, 2.45) is 0 Å². The van der Waals surface area contributed by atoms with Gasteiger partial charge in [0, 0.05) is 15.6 Å². The Kier molecular flexibility index (Phi) is 9.58. The van der Waals surface area contributed by atoms with E-state index in [1.54, 1.807) is 54.6 Å². The van der Waals surface area contributed by atoms with E-state index < -0.39 is 17.8 Å². The van der Waals surface area contributed by atoms with E-state index in [0.717, 1.165) is 21.6 Å². The third-order valence-corrected chi connectivity index (χ3v) is 7.81. The number of amides is 4. The topological polar surface area (TPSA) is 94.2 Å². The smallest absolute Gasteiger partial charge is 0.335 e. The van der Waals surface area contributed by atoms with E-state index in [1.165, 1.54) is 13.2 Å². The van der Waals surface area contributed by atoms with Gasteiger partial charge < -0.3 is 14.2 Å². The van der Waals surface area contributed by atoms with Crippen molar-refractivity contribution in [3.63, 3.8) is 0 Å². The van der Waals surface area contributed by atoms with Crippen LogP contribution in [0.1, 0.15) is 22.3 Å². The van der Waals surface area contributed by atoms with Crippen LogP contribution in [-0.2, 0) is 22.8 Å². The molecule has 0 spiro atoms. The van der Waals surface area contributed by atoms with Gasteiger partial charge in [-0.3, -0.25) is 14.9 Å². The maximum Gasteiger partial charge on any atom is 0.335 e. The second kappa shape index (κ2) is 13.5. The highest BCUT2D eigenvalue weighted by atomic mass is 79.9. The highest BCUT2D eigenvalue weighted by molar-refractivity contribution is 9.10. The lowest BCUT2D eigenvalue weighted by atomic mass is 10.1. The molecule has 4 aromatic carbocycles. The number of hydrogen-bond acceptors (Lipinski definition) is 6. The summed E-state index contributed by atoms with van der Waals surface area (Å²) in [4.78, 5) is 39.8. The van der Waals surface area contributed by atoms with Crippen LogP contribution in [0.2, 0.25) is 10.0 Å². The van der Waals surface area contributed by atoms with E-state index in [0.29, 0.717) is 43.9 Å². The minimum Gasteiger partial charge on any atom is -0.493 e. The first-order valence-electron chi connectivity index (χ1n) is 13.3. The highest BCUT2D eigenvalue weighted by Crippen LogP contribution is 2.38. The molecule has 1 aliphatic rings. The Morgan fingerprint density at radius 2 is 1.68 bits per heavy atom. The summed E-state index contributed by atoms with van der Waals surface area (Å²) in [6.45, 7) is 2.51. The number of urea groups is 1. The normalized spacial score (nSPS) is 14.1.